The van der Waals surface area contributed by atoms with E-state index in [9.17, 15) is 10.0 Å². The predicted octanol–water partition coefficient (Wildman–Crippen LogP) is -1.34. The quantitative estimate of drug-likeness (QED) is 0.480. The average Bonchev–Trinajstić information content (AvgIpc) is 1.82. The molecule has 3 nitrogen and oxygen atoms in total. The molecule has 10 heavy (non-hydrogen) atoms. The van der Waals surface area contributed by atoms with Crippen molar-refractivity contribution >= 4 is 35.5 Å². The van der Waals surface area contributed by atoms with Crippen molar-refractivity contribution in [3.63, 3.8) is 0 Å². The molecule has 0 saturated carbocycles. The molecule has 0 amide bonds. The van der Waals surface area contributed by atoms with Crippen LogP contribution in [-0.2, 0) is 0 Å². The van der Waals surface area contributed by atoms with Gasteiger partial charge in [-0.3, -0.25) is 0 Å². The maximum absolute atomic E-state index is 10.0. The first-order valence-corrected chi connectivity index (χ1v) is 3.94. The predicted molar refractivity (Wildman–Crippen MR) is 44.0 cm³/mol. The van der Waals surface area contributed by atoms with E-state index in [1.54, 1.807) is 0 Å². The summed E-state index contributed by atoms with van der Waals surface area (Å²) in [6, 6.07) is 0. The van der Waals surface area contributed by atoms with Crippen molar-refractivity contribution < 1.29 is 10.0 Å². The van der Waals surface area contributed by atoms with Gasteiger partial charge in [-0.1, -0.05) is 29.0 Å². The summed E-state index contributed by atoms with van der Waals surface area (Å²) in [5.74, 6) is -0.720. The van der Waals surface area contributed by atoms with E-state index in [1.165, 1.54) is 0 Å². The third-order valence-corrected chi connectivity index (χ3v) is 1.58. The average molecular weight is 230 g/mol. The fourth-order valence-electron chi connectivity index (χ4n) is 0.449. The van der Waals surface area contributed by atoms with Crippen LogP contribution >= 0.6 is 28.3 Å². The second kappa shape index (κ2) is 7.82. The van der Waals surface area contributed by atoms with Gasteiger partial charge in [0.1, 0.15) is 0 Å². The normalized spacial score (nSPS) is 12.0. The zero-order chi connectivity index (χ0) is 7.28. The lowest BCUT2D eigenvalue weighted by Crippen LogP contribution is -2.58. The third kappa shape index (κ3) is 6.83. The molecule has 0 aromatic carbocycles. The Morgan fingerprint density at radius 2 is 2.00 bits per heavy atom. The van der Waals surface area contributed by atoms with Gasteiger partial charge < -0.3 is 15.8 Å². The third-order valence-electron chi connectivity index (χ3n) is 1.02. The topological polar surface area (TPSA) is 72.1 Å². The Kier molecular flexibility index (Phi) is 10.4. The Morgan fingerprint density at radius 1 is 1.50 bits per heavy atom. The van der Waals surface area contributed by atoms with Gasteiger partial charge in [0.25, 0.3) is 0 Å². The lowest BCUT2D eigenvalue weighted by atomic mass is 9.78. The van der Waals surface area contributed by atoms with Gasteiger partial charge in [0.2, 0.25) is 0 Å². The van der Waals surface area contributed by atoms with E-state index in [1.807, 2.05) is 0 Å². The molecule has 0 rings (SSSR count). The van der Waals surface area contributed by atoms with Gasteiger partial charge in [-0.05, 0) is 12.8 Å². The molecule has 2 N–H and O–H groups in total. The molecule has 0 fully saturated rings. The Balaban J connectivity index is 0. The molecule has 0 spiro atoms. The Hall–Kier alpha value is 0.715. The standard InChI is InChI=1S/C4H9BBrNO2.ClH/c6-3-1-2-4(7)5(8)9;/h4H,1-3,7H2;1H/q-2;. The van der Waals surface area contributed by atoms with Crippen molar-refractivity contribution in [2.75, 3.05) is 5.33 Å². The maximum atomic E-state index is 10.0. The Labute approximate surface area is 75.7 Å². The number of alkyl halides is 1. The maximum Gasteiger partial charge on any atom is 0.00315 e. The first kappa shape index (κ1) is 13.3. The molecule has 0 aromatic heterocycles. The molecule has 0 aliphatic carbocycles. The highest BCUT2D eigenvalue weighted by molar-refractivity contribution is 9.09. The summed E-state index contributed by atoms with van der Waals surface area (Å²) >= 11 is 3.17. The molecule has 62 valence electrons. The van der Waals surface area contributed by atoms with Crippen LogP contribution in [0.5, 0.6) is 0 Å². The second-order valence-corrected chi connectivity index (χ2v) is 2.66. The molecule has 0 saturated heterocycles. The first-order chi connectivity index (χ1) is 4.18. The zero-order valence-corrected chi connectivity index (χ0v) is 7.86. The summed E-state index contributed by atoms with van der Waals surface area (Å²) in [7, 11) is -1.87. The van der Waals surface area contributed by atoms with E-state index in [0.29, 0.717) is 6.42 Å². The summed E-state index contributed by atoms with van der Waals surface area (Å²) in [6.07, 6.45) is 1.31. The fourth-order valence-corrected chi connectivity index (χ4v) is 0.773. The van der Waals surface area contributed by atoms with E-state index >= 15 is 0 Å². The molecular formula is C4H10BBrClNO2-2. The van der Waals surface area contributed by atoms with Crippen molar-refractivity contribution in [1.82, 2.24) is 0 Å². The lowest BCUT2D eigenvalue weighted by Gasteiger charge is -2.33. The highest BCUT2D eigenvalue weighted by atomic mass is 79.9. The number of halogens is 2. The smallest absolute Gasteiger partial charge is 0.00315 e. The Morgan fingerprint density at radius 3 is 2.30 bits per heavy atom. The van der Waals surface area contributed by atoms with Crippen LogP contribution in [0.2, 0.25) is 0 Å². The minimum Gasteiger partial charge on any atom is -0.892 e. The highest BCUT2D eigenvalue weighted by Gasteiger charge is 1.95. The van der Waals surface area contributed by atoms with Gasteiger partial charge in [0.05, 0.1) is 0 Å². The largest absolute Gasteiger partial charge is 0.892 e. The van der Waals surface area contributed by atoms with Crippen LogP contribution in [-0.4, -0.2) is 18.4 Å². The molecular weight excluding hydrogens is 220 g/mol. The lowest BCUT2D eigenvalue weighted by molar-refractivity contribution is -0.352. The van der Waals surface area contributed by atoms with Crippen LogP contribution in [0.3, 0.4) is 0 Å². The van der Waals surface area contributed by atoms with Gasteiger partial charge in [-0.2, -0.15) is 0 Å². The van der Waals surface area contributed by atoms with Gasteiger partial charge >= 0.3 is 0 Å². The SMILES string of the molecule is Cl.NC(CCCBr)B([O-])[O-]. The van der Waals surface area contributed by atoms with Crippen molar-refractivity contribution in [3.8, 4) is 0 Å². The van der Waals surface area contributed by atoms with Crippen LogP contribution in [0.15, 0.2) is 0 Å². The molecule has 0 radical (unpaired) electrons. The minimum atomic E-state index is -1.87. The van der Waals surface area contributed by atoms with Crippen LogP contribution in [0, 0.1) is 0 Å². The Bertz CT molecular complexity index is 78.3. The van der Waals surface area contributed by atoms with Crippen LogP contribution < -0.4 is 15.8 Å². The van der Waals surface area contributed by atoms with E-state index in [4.69, 9.17) is 5.73 Å². The molecule has 1 unspecified atom stereocenters. The molecule has 0 bridgehead atoms. The van der Waals surface area contributed by atoms with Crippen LogP contribution in [0.25, 0.3) is 0 Å². The monoisotopic (exact) mass is 229 g/mol. The molecule has 0 aliphatic heterocycles. The zero-order valence-electron chi connectivity index (χ0n) is 5.46. The van der Waals surface area contributed by atoms with E-state index in [0.717, 1.165) is 11.8 Å². The van der Waals surface area contributed by atoms with E-state index < -0.39 is 13.1 Å². The number of nitrogens with two attached hydrogens (primary N) is 1. The summed E-state index contributed by atoms with van der Waals surface area (Å²) in [5.41, 5.74) is 5.16. The van der Waals surface area contributed by atoms with Crippen LogP contribution in [0.4, 0.5) is 0 Å². The van der Waals surface area contributed by atoms with E-state index in [-0.39, 0.29) is 12.4 Å². The van der Waals surface area contributed by atoms with Crippen molar-refractivity contribution in [2.45, 2.75) is 18.8 Å². The second-order valence-electron chi connectivity index (χ2n) is 1.86. The fraction of sp³-hybridized carbons (Fsp3) is 1.00. The summed E-state index contributed by atoms with van der Waals surface area (Å²) in [6.45, 7) is 0. The minimum absolute atomic E-state index is 0. The summed E-state index contributed by atoms with van der Waals surface area (Å²) < 4.78 is 0. The number of rotatable bonds is 4. The summed E-state index contributed by atoms with van der Waals surface area (Å²) in [4.78, 5) is 0. The number of hydrogen-bond acceptors (Lipinski definition) is 3. The van der Waals surface area contributed by atoms with Crippen molar-refractivity contribution in [3.05, 3.63) is 0 Å². The van der Waals surface area contributed by atoms with E-state index in [2.05, 4.69) is 15.9 Å². The first-order valence-electron chi connectivity index (χ1n) is 2.81. The van der Waals surface area contributed by atoms with Crippen molar-refractivity contribution in [2.24, 2.45) is 5.73 Å². The summed E-state index contributed by atoms with van der Waals surface area (Å²) in [5, 5.41) is 20.9. The molecule has 0 heterocycles. The van der Waals surface area contributed by atoms with Gasteiger partial charge in [-0.25, -0.2) is 0 Å². The molecule has 0 aromatic rings. The van der Waals surface area contributed by atoms with Gasteiger partial charge in [0, 0.05) is 5.33 Å². The molecule has 6 heteroatoms. The molecule has 0 aliphatic rings. The van der Waals surface area contributed by atoms with Gasteiger partial charge in [0.15, 0.2) is 0 Å². The van der Waals surface area contributed by atoms with Crippen LogP contribution in [0.1, 0.15) is 12.8 Å². The van der Waals surface area contributed by atoms with Gasteiger partial charge in [-0.15, -0.1) is 12.4 Å². The number of hydrogen-bond donors (Lipinski definition) is 1. The molecule has 1 atom stereocenters. The highest BCUT2D eigenvalue weighted by Crippen LogP contribution is 1.96. The van der Waals surface area contributed by atoms with Crippen molar-refractivity contribution in [1.29, 1.82) is 0 Å².